The van der Waals surface area contributed by atoms with E-state index >= 15 is 0 Å². The Morgan fingerprint density at radius 1 is 1.17 bits per heavy atom. The summed E-state index contributed by atoms with van der Waals surface area (Å²) in [6, 6.07) is 15.8. The van der Waals surface area contributed by atoms with Crippen molar-refractivity contribution in [1.82, 2.24) is 4.98 Å². The molecule has 0 aliphatic carbocycles. The molecule has 1 heterocycles. The third-order valence-corrected chi connectivity index (χ3v) is 4.66. The molecule has 0 saturated carbocycles. The number of fused-ring (bicyclic) bond motifs is 1. The Morgan fingerprint density at radius 2 is 1.96 bits per heavy atom. The highest BCUT2D eigenvalue weighted by molar-refractivity contribution is 7.98. The van der Waals surface area contributed by atoms with Crippen LogP contribution in [0.25, 0.3) is 10.9 Å². The Balaban J connectivity index is 1.85. The first-order valence-electron chi connectivity index (χ1n) is 7.68. The topological polar surface area (TPSA) is 59.2 Å². The van der Waals surface area contributed by atoms with Gasteiger partial charge in [-0.25, -0.2) is 4.79 Å². The smallest absolute Gasteiger partial charge is 0.343 e. The van der Waals surface area contributed by atoms with E-state index in [4.69, 9.17) is 4.74 Å². The number of aromatic amines is 1. The maximum atomic E-state index is 12.4. The number of pyridine rings is 1. The molecule has 3 aromatic rings. The number of hydrogen-bond acceptors (Lipinski definition) is 4. The van der Waals surface area contributed by atoms with Crippen molar-refractivity contribution >= 4 is 28.6 Å². The fourth-order valence-corrected chi connectivity index (χ4v) is 3.28. The van der Waals surface area contributed by atoms with Crippen LogP contribution < -0.4 is 5.43 Å². The summed E-state index contributed by atoms with van der Waals surface area (Å²) in [6.45, 7) is 1.95. The second-order valence-corrected chi connectivity index (χ2v) is 6.28. The number of carbonyl (C=O) groups excluding carboxylic acids is 1. The number of aromatic nitrogens is 1. The standard InChI is InChI=1S/C19H17NO3S/c1-2-23-19(22)16-11-20-17-10-14(8-9-15(17)18(16)21)24-12-13-6-4-3-5-7-13/h3-11H,2,12H2,1H3,(H,20,21). The van der Waals surface area contributed by atoms with Crippen LogP contribution >= 0.6 is 11.8 Å². The van der Waals surface area contributed by atoms with Crippen molar-refractivity contribution in [2.75, 3.05) is 6.61 Å². The van der Waals surface area contributed by atoms with Crippen molar-refractivity contribution in [1.29, 1.82) is 0 Å². The number of nitrogens with one attached hydrogen (secondary N) is 1. The zero-order valence-corrected chi connectivity index (χ0v) is 14.1. The van der Waals surface area contributed by atoms with Crippen LogP contribution in [-0.2, 0) is 10.5 Å². The molecule has 0 amide bonds. The molecule has 1 N–H and O–H groups in total. The van der Waals surface area contributed by atoms with Crippen LogP contribution in [0.1, 0.15) is 22.8 Å². The van der Waals surface area contributed by atoms with Gasteiger partial charge in [0.15, 0.2) is 0 Å². The molecule has 24 heavy (non-hydrogen) atoms. The molecule has 5 heteroatoms. The van der Waals surface area contributed by atoms with Crippen LogP contribution in [-0.4, -0.2) is 17.6 Å². The van der Waals surface area contributed by atoms with E-state index in [1.165, 1.54) is 11.8 Å². The van der Waals surface area contributed by atoms with Gasteiger partial charge in [0, 0.05) is 22.2 Å². The number of benzene rings is 2. The molecule has 0 bridgehead atoms. The molecule has 1 aromatic heterocycles. The summed E-state index contributed by atoms with van der Waals surface area (Å²) >= 11 is 1.70. The molecule has 0 aliphatic rings. The second kappa shape index (κ2) is 7.36. The maximum absolute atomic E-state index is 12.4. The normalized spacial score (nSPS) is 10.7. The van der Waals surface area contributed by atoms with Gasteiger partial charge >= 0.3 is 5.97 Å². The van der Waals surface area contributed by atoms with Gasteiger partial charge in [0.2, 0.25) is 5.43 Å². The van der Waals surface area contributed by atoms with Crippen LogP contribution in [0.15, 0.2) is 64.4 Å². The lowest BCUT2D eigenvalue weighted by atomic mass is 10.1. The van der Waals surface area contributed by atoms with E-state index in [2.05, 4.69) is 17.1 Å². The van der Waals surface area contributed by atoms with E-state index in [1.54, 1.807) is 24.8 Å². The van der Waals surface area contributed by atoms with Crippen molar-refractivity contribution in [2.24, 2.45) is 0 Å². The van der Waals surface area contributed by atoms with Gasteiger partial charge in [-0.3, -0.25) is 4.79 Å². The Bertz CT molecular complexity index is 919. The molecule has 4 nitrogen and oxygen atoms in total. The molecule has 0 aliphatic heterocycles. The van der Waals surface area contributed by atoms with Crippen molar-refractivity contribution in [3.63, 3.8) is 0 Å². The summed E-state index contributed by atoms with van der Waals surface area (Å²) in [7, 11) is 0. The first-order valence-corrected chi connectivity index (χ1v) is 8.67. The molecule has 0 saturated heterocycles. The molecule has 0 fully saturated rings. The Kier molecular flexibility index (Phi) is 5.01. The van der Waals surface area contributed by atoms with Gasteiger partial charge in [-0.2, -0.15) is 0 Å². The summed E-state index contributed by atoms with van der Waals surface area (Å²) in [5, 5.41) is 0.490. The van der Waals surface area contributed by atoms with Crippen molar-refractivity contribution in [2.45, 2.75) is 17.6 Å². The number of H-pyrrole nitrogens is 1. The van der Waals surface area contributed by atoms with Crippen LogP contribution in [0.2, 0.25) is 0 Å². The highest BCUT2D eigenvalue weighted by Crippen LogP contribution is 2.25. The molecular formula is C19H17NO3S. The predicted octanol–water partition coefficient (Wildman–Crippen LogP) is 4.00. The fraction of sp³-hybridized carbons (Fsp3) is 0.158. The maximum Gasteiger partial charge on any atom is 0.343 e. The number of thioether (sulfide) groups is 1. The van der Waals surface area contributed by atoms with Crippen molar-refractivity contribution in [3.05, 3.63) is 76.1 Å². The molecule has 0 unspecified atom stereocenters. The number of hydrogen-bond donors (Lipinski definition) is 1. The van der Waals surface area contributed by atoms with E-state index in [1.807, 2.05) is 30.3 Å². The molecule has 2 aromatic carbocycles. The summed E-state index contributed by atoms with van der Waals surface area (Å²) in [4.78, 5) is 28.3. The van der Waals surface area contributed by atoms with E-state index in [0.717, 1.165) is 10.6 Å². The van der Waals surface area contributed by atoms with E-state index in [0.29, 0.717) is 10.9 Å². The molecule has 0 atom stereocenters. The Hall–Kier alpha value is -2.53. The average Bonchev–Trinajstić information content (AvgIpc) is 2.61. The highest BCUT2D eigenvalue weighted by Gasteiger charge is 2.14. The molecular weight excluding hydrogens is 322 g/mol. The number of carbonyl (C=O) groups is 1. The third-order valence-electron chi connectivity index (χ3n) is 3.60. The predicted molar refractivity (Wildman–Crippen MR) is 96.5 cm³/mol. The van der Waals surface area contributed by atoms with Gasteiger partial charge < -0.3 is 9.72 Å². The van der Waals surface area contributed by atoms with Crippen LogP contribution in [0.4, 0.5) is 0 Å². The lowest BCUT2D eigenvalue weighted by Gasteiger charge is -2.06. The minimum absolute atomic E-state index is 0.0361. The van der Waals surface area contributed by atoms with Gasteiger partial charge in [-0.05, 0) is 30.7 Å². The Labute approximate surface area is 143 Å². The van der Waals surface area contributed by atoms with E-state index in [9.17, 15) is 9.59 Å². The number of ether oxygens (including phenoxy) is 1. The SMILES string of the molecule is CCOC(=O)c1c[nH]c2cc(SCc3ccccc3)ccc2c1=O. The molecule has 0 spiro atoms. The van der Waals surface area contributed by atoms with Crippen LogP contribution in [0.3, 0.4) is 0 Å². The first kappa shape index (κ1) is 16.3. The van der Waals surface area contributed by atoms with Crippen LogP contribution in [0.5, 0.6) is 0 Å². The largest absolute Gasteiger partial charge is 0.462 e. The van der Waals surface area contributed by atoms with Gasteiger partial charge in [-0.1, -0.05) is 30.3 Å². The fourth-order valence-electron chi connectivity index (χ4n) is 2.39. The quantitative estimate of drug-likeness (QED) is 0.564. The number of esters is 1. The van der Waals surface area contributed by atoms with Crippen molar-refractivity contribution < 1.29 is 9.53 Å². The molecule has 3 rings (SSSR count). The summed E-state index contributed by atoms with van der Waals surface area (Å²) in [5.41, 5.74) is 1.69. The lowest BCUT2D eigenvalue weighted by Crippen LogP contribution is -2.18. The molecule has 122 valence electrons. The first-order chi connectivity index (χ1) is 11.7. The minimum atomic E-state index is -0.594. The molecule has 0 radical (unpaired) electrons. The summed E-state index contributed by atoms with van der Waals surface area (Å²) in [5.74, 6) is 0.264. The zero-order valence-electron chi connectivity index (χ0n) is 13.2. The van der Waals surface area contributed by atoms with E-state index < -0.39 is 5.97 Å². The lowest BCUT2D eigenvalue weighted by molar-refractivity contribution is 0.0524. The van der Waals surface area contributed by atoms with Gasteiger partial charge in [-0.15, -0.1) is 11.8 Å². The summed E-state index contributed by atoms with van der Waals surface area (Å²) < 4.78 is 4.91. The Morgan fingerprint density at radius 3 is 2.71 bits per heavy atom. The minimum Gasteiger partial charge on any atom is -0.462 e. The van der Waals surface area contributed by atoms with Gasteiger partial charge in [0.25, 0.3) is 0 Å². The van der Waals surface area contributed by atoms with E-state index in [-0.39, 0.29) is 17.6 Å². The average molecular weight is 339 g/mol. The number of rotatable bonds is 5. The van der Waals surface area contributed by atoms with Crippen molar-refractivity contribution in [3.8, 4) is 0 Å². The highest BCUT2D eigenvalue weighted by atomic mass is 32.2. The van der Waals surface area contributed by atoms with Gasteiger partial charge in [0.05, 0.1) is 12.1 Å². The zero-order chi connectivity index (χ0) is 16.9. The van der Waals surface area contributed by atoms with Crippen LogP contribution in [0, 0.1) is 0 Å². The third kappa shape index (κ3) is 3.51. The summed E-state index contributed by atoms with van der Waals surface area (Å²) in [6.07, 6.45) is 1.42. The second-order valence-electron chi connectivity index (χ2n) is 5.23. The monoisotopic (exact) mass is 339 g/mol. The van der Waals surface area contributed by atoms with Gasteiger partial charge in [0.1, 0.15) is 5.56 Å².